The van der Waals surface area contributed by atoms with Crippen molar-refractivity contribution in [3.63, 3.8) is 0 Å². The normalized spacial score (nSPS) is 18.3. The fourth-order valence-corrected chi connectivity index (χ4v) is 1.38. The quantitative estimate of drug-likeness (QED) is 0.679. The lowest BCUT2D eigenvalue weighted by Gasteiger charge is -2.14. The minimum atomic E-state index is 0.335. The van der Waals surface area contributed by atoms with Crippen LogP contribution in [0.5, 0.6) is 0 Å². The molecule has 1 aromatic rings. The van der Waals surface area contributed by atoms with Gasteiger partial charge in [-0.25, -0.2) is 0 Å². The first-order valence-electron chi connectivity index (χ1n) is 4.73. The van der Waals surface area contributed by atoms with E-state index >= 15 is 0 Å². The Hall–Kier alpha value is -1.18. The summed E-state index contributed by atoms with van der Waals surface area (Å²) < 4.78 is 0. The van der Waals surface area contributed by atoms with Crippen LogP contribution in [0, 0.1) is 6.92 Å². The van der Waals surface area contributed by atoms with Crippen LogP contribution >= 0.6 is 0 Å². The van der Waals surface area contributed by atoms with Crippen LogP contribution in [0.25, 0.3) is 0 Å². The molecule has 2 heteroatoms. The van der Waals surface area contributed by atoms with E-state index in [-0.39, 0.29) is 0 Å². The Bertz CT molecular complexity index is 327. The van der Waals surface area contributed by atoms with Gasteiger partial charge < -0.3 is 11.1 Å². The first kappa shape index (κ1) is 8.42. The van der Waals surface area contributed by atoms with Crippen molar-refractivity contribution in [1.29, 1.82) is 0 Å². The average Bonchev–Trinajstić information content (AvgIpc) is 2.76. The lowest BCUT2D eigenvalue weighted by atomic mass is 10.1. The average molecular weight is 176 g/mol. The van der Waals surface area contributed by atoms with Crippen LogP contribution in [-0.4, -0.2) is 5.54 Å². The zero-order chi connectivity index (χ0) is 9.47. The zero-order valence-electron chi connectivity index (χ0n) is 8.22. The minimum Gasteiger partial charge on any atom is -0.398 e. The molecule has 0 atom stereocenters. The van der Waals surface area contributed by atoms with Gasteiger partial charge in [0.1, 0.15) is 0 Å². The molecule has 1 aromatic carbocycles. The van der Waals surface area contributed by atoms with Gasteiger partial charge in [0.15, 0.2) is 0 Å². The fraction of sp³-hybridized carbons (Fsp3) is 0.455. The topological polar surface area (TPSA) is 38.0 Å². The molecular formula is C11H16N2. The largest absolute Gasteiger partial charge is 0.398 e. The molecule has 0 unspecified atom stereocenters. The summed E-state index contributed by atoms with van der Waals surface area (Å²) in [6.07, 6.45) is 2.53. The highest BCUT2D eigenvalue weighted by atomic mass is 15.0. The summed E-state index contributed by atoms with van der Waals surface area (Å²) in [5.74, 6) is 0. The second-order valence-corrected chi connectivity index (χ2v) is 4.26. The highest BCUT2D eigenvalue weighted by molar-refractivity contribution is 5.59. The van der Waals surface area contributed by atoms with Crippen LogP contribution in [0.1, 0.15) is 25.3 Å². The maximum absolute atomic E-state index is 5.82. The van der Waals surface area contributed by atoms with Gasteiger partial charge in [0.05, 0.1) is 0 Å². The Morgan fingerprint density at radius 1 is 1.38 bits per heavy atom. The lowest BCUT2D eigenvalue weighted by Crippen LogP contribution is -2.15. The highest BCUT2D eigenvalue weighted by Gasteiger charge is 2.36. The van der Waals surface area contributed by atoms with E-state index in [2.05, 4.69) is 24.4 Å². The molecule has 2 rings (SSSR count). The molecule has 0 aliphatic heterocycles. The summed E-state index contributed by atoms with van der Waals surface area (Å²) in [5, 5.41) is 3.48. The second-order valence-electron chi connectivity index (χ2n) is 4.26. The highest BCUT2D eigenvalue weighted by Crippen LogP contribution is 2.38. The molecule has 0 saturated heterocycles. The molecule has 2 nitrogen and oxygen atoms in total. The molecule has 1 saturated carbocycles. The number of nitrogens with one attached hydrogen (secondary N) is 1. The monoisotopic (exact) mass is 176 g/mol. The van der Waals surface area contributed by atoms with Crippen molar-refractivity contribution in [2.24, 2.45) is 0 Å². The zero-order valence-corrected chi connectivity index (χ0v) is 8.22. The molecule has 0 radical (unpaired) electrons. The number of anilines is 2. The predicted octanol–water partition coefficient (Wildman–Crippen LogP) is 2.54. The van der Waals surface area contributed by atoms with Crippen LogP contribution in [0.4, 0.5) is 11.4 Å². The van der Waals surface area contributed by atoms with E-state index < -0.39 is 0 Å². The molecule has 1 fully saturated rings. The van der Waals surface area contributed by atoms with Crippen molar-refractivity contribution in [2.75, 3.05) is 11.1 Å². The number of hydrogen-bond donors (Lipinski definition) is 2. The summed E-state index contributed by atoms with van der Waals surface area (Å²) in [6, 6.07) is 6.16. The van der Waals surface area contributed by atoms with Crippen molar-refractivity contribution >= 4 is 11.4 Å². The Labute approximate surface area is 79.1 Å². The van der Waals surface area contributed by atoms with Crippen molar-refractivity contribution in [3.05, 3.63) is 23.8 Å². The van der Waals surface area contributed by atoms with Crippen molar-refractivity contribution in [3.8, 4) is 0 Å². The predicted molar refractivity (Wildman–Crippen MR) is 56.9 cm³/mol. The fourth-order valence-electron chi connectivity index (χ4n) is 1.38. The van der Waals surface area contributed by atoms with E-state index in [1.807, 2.05) is 13.0 Å². The molecule has 0 aromatic heterocycles. The summed E-state index contributed by atoms with van der Waals surface area (Å²) in [4.78, 5) is 0. The molecule has 13 heavy (non-hydrogen) atoms. The number of rotatable bonds is 2. The van der Waals surface area contributed by atoms with E-state index in [4.69, 9.17) is 5.73 Å². The molecule has 3 N–H and O–H groups in total. The Morgan fingerprint density at radius 3 is 2.62 bits per heavy atom. The lowest BCUT2D eigenvalue weighted by molar-refractivity contribution is 0.829. The molecule has 1 aliphatic carbocycles. The van der Waals surface area contributed by atoms with Crippen LogP contribution in [-0.2, 0) is 0 Å². The van der Waals surface area contributed by atoms with Gasteiger partial charge in [-0.15, -0.1) is 0 Å². The van der Waals surface area contributed by atoms with Gasteiger partial charge in [-0.1, -0.05) is 6.07 Å². The first-order valence-corrected chi connectivity index (χ1v) is 4.73. The van der Waals surface area contributed by atoms with Gasteiger partial charge in [0, 0.05) is 16.9 Å². The van der Waals surface area contributed by atoms with Crippen LogP contribution < -0.4 is 11.1 Å². The number of benzene rings is 1. The van der Waals surface area contributed by atoms with Gasteiger partial charge in [0.2, 0.25) is 0 Å². The maximum Gasteiger partial charge on any atom is 0.0365 e. The Kier molecular flexibility index (Phi) is 1.72. The van der Waals surface area contributed by atoms with E-state index in [0.29, 0.717) is 5.54 Å². The second kappa shape index (κ2) is 2.66. The summed E-state index contributed by atoms with van der Waals surface area (Å²) >= 11 is 0. The SMILES string of the molecule is Cc1ccc(NC2(C)CC2)cc1N. The van der Waals surface area contributed by atoms with E-state index in [0.717, 1.165) is 16.9 Å². The smallest absolute Gasteiger partial charge is 0.0365 e. The molecular weight excluding hydrogens is 160 g/mol. The summed E-state index contributed by atoms with van der Waals surface area (Å²) in [6.45, 7) is 4.26. The molecule has 0 bridgehead atoms. The summed E-state index contributed by atoms with van der Waals surface area (Å²) in [5.41, 5.74) is 9.31. The molecule has 70 valence electrons. The number of hydrogen-bond acceptors (Lipinski definition) is 2. The Morgan fingerprint density at radius 2 is 2.08 bits per heavy atom. The molecule has 0 amide bonds. The summed E-state index contributed by atoms with van der Waals surface area (Å²) in [7, 11) is 0. The third kappa shape index (κ3) is 1.77. The molecule has 0 spiro atoms. The van der Waals surface area contributed by atoms with E-state index in [1.165, 1.54) is 12.8 Å². The van der Waals surface area contributed by atoms with Gasteiger partial charge in [0.25, 0.3) is 0 Å². The standard InChI is InChI=1S/C11H16N2/c1-8-3-4-9(7-10(8)12)13-11(2)5-6-11/h3-4,7,13H,5-6,12H2,1-2H3. The number of nitrogen functional groups attached to an aromatic ring is 1. The number of aryl methyl sites for hydroxylation is 1. The van der Waals surface area contributed by atoms with Gasteiger partial charge in [-0.05, 0) is 44.4 Å². The van der Waals surface area contributed by atoms with Crippen LogP contribution in [0.3, 0.4) is 0 Å². The van der Waals surface area contributed by atoms with E-state index in [1.54, 1.807) is 0 Å². The molecule has 1 aliphatic rings. The van der Waals surface area contributed by atoms with E-state index in [9.17, 15) is 0 Å². The maximum atomic E-state index is 5.82. The third-order valence-electron chi connectivity index (χ3n) is 2.73. The molecule has 0 heterocycles. The Balaban J connectivity index is 2.17. The van der Waals surface area contributed by atoms with Gasteiger partial charge in [-0.2, -0.15) is 0 Å². The minimum absolute atomic E-state index is 0.335. The number of nitrogens with two attached hydrogens (primary N) is 1. The van der Waals surface area contributed by atoms with Gasteiger partial charge in [-0.3, -0.25) is 0 Å². The third-order valence-corrected chi connectivity index (χ3v) is 2.73. The van der Waals surface area contributed by atoms with Crippen molar-refractivity contribution in [2.45, 2.75) is 32.2 Å². The first-order chi connectivity index (χ1) is 6.09. The van der Waals surface area contributed by atoms with Crippen LogP contribution in [0.2, 0.25) is 0 Å². The van der Waals surface area contributed by atoms with Crippen molar-refractivity contribution in [1.82, 2.24) is 0 Å². The van der Waals surface area contributed by atoms with Gasteiger partial charge >= 0.3 is 0 Å². The van der Waals surface area contributed by atoms with Crippen molar-refractivity contribution < 1.29 is 0 Å². The van der Waals surface area contributed by atoms with Crippen LogP contribution in [0.15, 0.2) is 18.2 Å².